The Morgan fingerprint density at radius 3 is 2.43 bits per heavy atom. The number of methoxy groups -OCH3 is 1. The van der Waals surface area contributed by atoms with E-state index in [4.69, 9.17) is 13.9 Å². The van der Waals surface area contributed by atoms with Crippen molar-refractivity contribution in [2.75, 3.05) is 39.9 Å². The molecule has 1 aliphatic rings. The number of hydrogen-bond donors (Lipinski definition) is 0. The lowest BCUT2D eigenvalue weighted by molar-refractivity contribution is 0.0483. The Hall–Kier alpha value is -2.85. The van der Waals surface area contributed by atoms with Crippen LogP contribution in [0, 0.1) is 6.92 Å². The van der Waals surface area contributed by atoms with Gasteiger partial charge in [0.2, 0.25) is 10.9 Å². The molecular weight excluding hydrogens is 412 g/mol. The van der Waals surface area contributed by atoms with Crippen LogP contribution in [0.5, 0.6) is 5.75 Å². The molecule has 0 N–H and O–H groups in total. The third-order valence-electron chi connectivity index (χ3n) is 4.76. The van der Waals surface area contributed by atoms with E-state index in [9.17, 15) is 18.0 Å². The summed E-state index contributed by atoms with van der Waals surface area (Å²) in [5.74, 6) is -0.629. The number of furan rings is 1. The molecule has 0 bridgehead atoms. The number of carbonyl (C=O) groups excluding carboxylic acids is 2. The Bertz CT molecular complexity index is 1040. The zero-order valence-electron chi connectivity index (χ0n) is 17.1. The van der Waals surface area contributed by atoms with Crippen molar-refractivity contribution >= 4 is 21.9 Å². The summed E-state index contributed by atoms with van der Waals surface area (Å²) in [4.78, 5) is 26.2. The fraction of sp³-hybridized carbons (Fsp3) is 0.400. The first-order chi connectivity index (χ1) is 14.3. The van der Waals surface area contributed by atoms with Gasteiger partial charge in [0.25, 0.3) is 15.9 Å². The van der Waals surface area contributed by atoms with Crippen LogP contribution >= 0.6 is 0 Å². The summed E-state index contributed by atoms with van der Waals surface area (Å²) < 4.78 is 42.2. The highest BCUT2D eigenvalue weighted by atomic mass is 32.2. The average Bonchev–Trinajstić information content (AvgIpc) is 3.25. The SMILES string of the molecule is CCOC(=O)c1ccc(S(=O)(=O)N2CCN(C(=O)c3cc(C)ccc3OC)CC2)o1. The molecule has 9 nitrogen and oxygen atoms in total. The number of esters is 1. The van der Waals surface area contributed by atoms with Crippen LogP contribution in [-0.2, 0) is 14.8 Å². The lowest BCUT2D eigenvalue weighted by Crippen LogP contribution is -2.50. The summed E-state index contributed by atoms with van der Waals surface area (Å²) >= 11 is 0. The number of sulfonamides is 1. The van der Waals surface area contributed by atoms with Crippen molar-refractivity contribution in [2.45, 2.75) is 18.9 Å². The first-order valence-corrected chi connectivity index (χ1v) is 10.9. The van der Waals surface area contributed by atoms with E-state index in [1.165, 1.54) is 23.5 Å². The van der Waals surface area contributed by atoms with Gasteiger partial charge in [0.15, 0.2) is 0 Å². The summed E-state index contributed by atoms with van der Waals surface area (Å²) in [5, 5.41) is -0.328. The van der Waals surface area contributed by atoms with E-state index in [1.807, 2.05) is 13.0 Å². The molecule has 162 valence electrons. The Balaban J connectivity index is 1.70. The molecule has 1 saturated heterocycles. The molecular formula is C20H24N2O7S. The maximum atomic E-state index is 12.9. The molecule has 0 unspecified atom stereocenters. The molecule has 0 radical (unpaired) electrons. The standard InChI is InChI=1S/C20H24N2O7S/c1-4-28-20(24)17-7-8-18(29-17)30(25,26)22-11-9-21(10-12-22)19(23)15-13-14(2)5-6-16(15)27-3/h5-8,13H,4,9-12H2,1-3H3. The van der Waals surface area contributed by atoms with Crippen molar-refractivity contribution in [2.24, 2.45) is 0 Å². The molecule has 3 rings (SSSR count). The lowest BCUT2D eigenvalue weighted by Gasteiger charge is -2.33. The van der Waals surface area contributed by atoms with Crippen molar-refractivity contribution in [1.82, 2.24) is 9.21 Å². The van der Waals surface area contributed by atoms with E-state index in [2.05, 4.69) is 0 Å². The monoisotopic (exact) mass is 436 g/mol. The van der Waals surface area contributed by atoms with Crippen molar-refractivity contribution in [3.05, 3.63) is 47.2 Å². The van der Waals surface area contributed by atoms with Gasteiger partial charge in [-0.05, 0) is 38.1 Å². The molecule has 2 aromatic rings. The Morgan fingerprint density at radius 2 is 1.80 bits per heavy atom. The number of piperazine rings is 1. The van der Waals surface area contributed by atoms with E-state index < -0.39 is 16.0 Å². The van der Waals surface area contributed by atoms with Gasteiger partial charge in [0.1, 0.15) is 5.75 Å². The van der Waals surface area contributed by atoms with E-state index in [0.717, 1.165) is 5.56 Å². The second kappa shape index (κ2) is 8.88. The molecule has 0 aliphatic carbocycles. The Kier molecular flexibility index (Phi) is 6.47. The highest BCUT2D eigenvalue weighted by molar-refractivity contribution is 7.89. The number of ether oxygens (including phenoxy) is 2. The minimum atomic E-state index is -3.93. The van der Waals surface area contributed by atoms with Crippen molar-refractivity contribution in [3.8, 4) is 5.75 Å². The van der Waals surface area contributed by atoms with E-state index in [1.54, 1.807) is 24.0 Å². The molecule has 1 amide bonds. The van der Waals surface area contributed by atoms with E-state index in [-0.39, 0.29) is 49.5 Å². The molecule has 10 heteroatoms. The predicted octanol–water partition coefficient (Wildman–Crippen LogP) is 1.92. The fourth-order valence-corrected chi connectivity index (χ4v) is 4.52. The second-order valence-corrected chi connectivity index (χ2v) is 8.61. The Morgan fingerprint density at radius 1 is 1.10 bits per heavy atom. The molecule has 0 spiro atoms. The highest BCUT2D eigenvalue weighted by Gasteiger charge is 2.33. The second-order valence-electron chi connectivity index (χ2n) is 6.74. The first-order valence-electron chi connectivity index (χ1n) is 9.49. The van der Waals surface area contributed by atoms with E-state index >= 15 is 0 Å². The molecule has 0 saturated carbocycles. The highest BCUT2D eigenvalue weighted by Crippen LogP contribution is 2.24. The fourth-order valence-electron chi connectivity index (χ4n) is 3.19. The minimum Gasteiger partial charge on any atom is -0.496 e. The molecule has 1 fully saturated rings. The normalized spacial score (nSPS) is 15.1. The van der Waals surface area contributed by atoms with Crippen LogP contribution in [0.4, 0.5) is 0 Å². The van der Waals surface area contributed by atoms with Crippen molar-refractivity contribution < 1.29 is 31.9 Å². The maximum absolute atomic E-state index is 12.9. The zero-order valence-corrected chi connectivity index (χ0v) is 17.9. The third kappa shape index (κ3) is 4.34. The van der Waals surface area contributed by atoms with E-state index in [0.29, 0.717) is 11.3 Å². The first kappa shape index (κ1) is 21.8. The summed E-state index contributed by atoms with van der Waals surface area (Å²) in [6, 6.07) is 7.85. The quantitative estimate of drug-likeness (QED) is 0.637. The van der Waals surface area contributed by atoms with Gasteiger partial charge in [-0.3, -0.25) is 4.79 Å². The summed E-state index contributed by atoms with van der Waals surface area (Å²) in [6.07, 6.45) is 0. The van der Waals surface area contributed by atoms with Gasteiger partial charge in [-0.1, -0.05) is 11.6 Å². The van der Waals surface area contributed by atoms with Crippen LogP contribution in [0.1, 0.15) is 33.4 Å². The number of carbonyl (C=O) groups is 2. The molecule has 30 heavy (non-hydrogen) atoms. The number of rotatable bonds is 6. The van der Waals surface area contributed by atoms with Gasteiger partial charge in [-0.25, -0.2) is 13.2 Å². The largest absolute Gasteiger partial charge is 0.496 e. The molecule has 0 atom stereocenters. The average molecular weight is 436 g/mol. The molecule has 1 aromatic carbocycles. The predicted molar refractivity (Wildman–Crippen MR) is 107 cm³/mol. The number of nitrogens with zero attached hydrogens (tertiary/aromatic N) is 2. The van der Waals surface area contributed by atoms with Gasteiger partial charge in [0.05, 0.1) is 19.3 Å². The van der Waals surface area contributed by atoms with Crippen LogP contribution in [0.2, 0.25) is 0 Å². The smallest absolute Gasteiger partial charge is 0.374 e. The van der Waals surface area contributed by atoms with Crippen LogP contribution in [0.25, 0.3) is 0 Å². The summed E-state index contributed by atoms with van der Waals surface area (Å²) in [6.45, 7) is 4.35. The van der Waals surface area contributed by atoms with Crippen LogP contribution in [0.15, 0.2) is 39.8 Å². The number of benzene rings is 1. The number of aryl methyl sites for hydroxylation is 1. The molecule has 1 aromatic heterocycles. The van der Waals surface area contributed by atoms with Gasteiger partial charge < -0.3 is 18.8 Å². The van der Waals surface area contributed by atoms with Gasteiger partial charge in [0, 0.05) is 26.2 Å². The number of hydrogen-bond acceptors (Lipinski definition) is 7. The maximum Gasteiger partial charge on any atom is 0.374 e. The van der Waals surface area contributed by atoms with Crippen LogP contribution in [-0.4, -0.2) is 69.4 Å². The third-order valence-corrected chi connectivity index (χ3v) is 6.54. The van der Waals surface area contributed by atoms with Crippen LogP contribution in [0.3, 0.4) is 0 Å². The molecule has 1 aliphatic heterocycles. The van der Waals surface area contributed by atoms with Crippen molar-refractivity contribution in [1.29, 1.82) is 0 Å². The van der Waals surface area contributed by atoms with Crippen molar-refractivity contribution in [3.63, 3.8) is 0 Å². The number of amides is 1. The lowest BCUT2D eigenvalue weighted by atomic mass is 10.1. The molecule has 2 heterocycles. The minimum absolute atomic E-state index is 0.109. The van der Waals surface area contributed by atoms with Gasteiger partial charge in [-0.2, -0.15) is 4.31 Å². The topological polar surface area (TPSA) is 106 Å². The van der Waals surface area contributed by atoms with Gasteiger partial charge in [-0.15, -0.1) is 0 Å². The zero-order chi connectivity index (χ0) is 21.9. The Labute approximate surface area is 175 Å². The summed E-state index contributed by atoms with van der Waals surface area (Å²) in [5.41, 5.74) is 1.37. The van der Waals surface area contributed by atoms with Gasteiger partial charge >= 0.3 is 5.97 Å². The summed E-state index contributed by atoms with van der Waals surface area (Å²) in [7, 11) is -2.43. The van der Waals surface area contributed by atoms with Crippen LogP contribution < -0.4 is 4.74 Å².